The highest BCUT2D eigenvalue weighted by Gasteiger charge is 2.12. The number of hydrogen-bond donors (Lipinski definition) is 6. The van der Waals surface area contributed by atoms with Crippen molar-refractivity contribution < 1.29 is 18.9 Å². The fourth-order valence-electron chi connectivity index (χ4n) is 5.01. The summed E-state index contributed by atoms with van der Waals surface area (Å²) in [7, 11) is 0. The summed E-state index contributed by atoms with van der Waals surface area (Å²) >= 11 is 0. The van der Waals surface area contributed by atoms with Crippen molar-refractivity contribution in [2.24, 2.45) is 21.5 Å². The molecule has 0 atom stereocenters. The van der Waals surface area contributed by atoms with Gasteiger partial charge in [-0.1, -0.05) is 24.3 Å². The summed E-state index contributed by atoms with van der Waals surface area (Å²) in [5.74, 6) is 2.05. The molecule has 5 rings (SSSR count). The molecule has 254 valence electrons. The van der Waals surface area contributed by atoms with Gasteiger partial charge in [-0.2, -0.15) is 0 Å². The molecule has 2 aromatic heterocycles. The van der Waals surface area contributed by atoms with E-state index in [0.717, 1.165) is 56.2 Å². The van der Waals surface area contributed by atoms with Gasteiger partial charge in [0, 0.05) is 48.9 Å². The van der Waals surface area contributed by atoms with Crippen molar-refractivity contribution in [2.75, 3.05) is 50.2 Å². The van der Waals surface area contributed by atoms with E-state index in [4.69, 9.17) is 40.4 Å². The normalized spacial score (nSPS) is 12.5. The van der Waals surface area contributed by atoms with Crippen LogP contribution in [0.2, 0.25) is 0 Å². The molecule has 2 heterocycles. The van der Waals surface area contributed by atoms with Crippen molar-refractivity contribution in [2.45, 2.75) is 40.3 Å². The van der Waals surface area contributed by atoms with Gasteiger partial charge in [-0.25, -0.2) is 20.0 Å². The molecule has 8 N–H and O–H groups in total. The van der Waals surface area contributed by atoms with Crippen LogP contribution in [0.4, 0.5) is 11.4 Å². The number of imidazole rings is 2. The Labute approximate surface area is 279 Å². The first-order chi connectivity index (χ1) is 23.4. The average Bonchev–Trinajstić information content (AvgIpc) is 3.71. The Hall–Kier alpha value is -5.02. The van der Waals surface area contributed by atoms with Crippen LogP contribution in [0.1, 0.15) is 27.7 Å². The number of aromatic amines is 2. The summed E-state index contributed by atoms with van der Waals surface area (Å²) in [6.07, 6.45) is -0.855. The van der Waals surface area contributed by atoms with Gasteiger partial charge in [-0.3, -0.25) is 0 Å². The molecule has 0 amide bonds. The van der Waals surface area contributed by atoms with Gasteiger partial charge in [0.25, 0.3) is 0 Å². The standard InChI is InChI=1S/C34H44N10O4/c1-5-45-29(46-6-2)19-37-33(35)39-23-13-15-25-27(17-23)43-31(41-25)21-9-11-22(12-10-21)32-42-26-16-14-24(18-28(26)44-32)40-34(36)38-20-30(47-7-3)48-8-4/h9-18,29-30H,5-8,19-20H2,1-4H3,(H,41,43)(H,42,44)(H3,35,37,39)(H3,36,38,40). The molecular formula is C34H44N10O4. The van der Waals surface area contributed by atoms with E-state index < -0.39 is 12.6 Å². The maximum Gasteiger partial charge on any atom is 0.193 e. The predicted molar refractivity (Wildman–Crippen MR) is 191 cm³/mol. The van der Waals surface area contributed by atoms with Crippen molar-refractivity contribution in [1.29, 1.82) is 0 Å². The molecule has 0 saturated carbocycles. The molecule has 0 spiro atoms. The highest BCUT2D eigenvalue weighted by Crippen LogP contribution is 2.27. The number of hydrogen-bond acceptors (Lipinski definition) is 8. The SMILES string of the molecule is CCOC(CN=C(N)Nc1ccc2nc(-c3ccc(-c4nc5ccc(NC(N)=NCC(OCC)OCC)cc5[nH]4)cc3)[nH]c2c1)OCC. The summed E-state index contributed by atoms with van der Waals surface area (Å²) in [6.45, 7) is 10.4. The molecule has 5 aromatic rings. The van der Waals surface area contributed by atoms with E-state index in [2.05, 4.69) is 30.6 Å². The van der Waals surface area contributed by atoms with Crippen LogP contribution in [0.15, 0.2) is 70.6 Å². The number of aliphatic imine (C=N–C) groups is 2. The second-order valence-corrected chi connectivity index (χ2v) is 10.6. The van der Waals surface area contributed by atoms with Crippen LogP contribution in [0.25, 0.3) is 44.8 Å². The minimum absolute atomic E-state index is 0.273. The van der Waals surface area contributed by atoms with Crippen LogP contribution < -0.4 is 22.1 Å². The zero-order valence-electron chi connectivity index (χ0n) is 27.7. The molecule has 0 aliphatic heterocycles. The van der Waals surface area contributed by atoms with Crippen molar-refractivity contribution in [3.05, 3.63) is 60.7 Å². The number of rotatable bonds is 16. The number of guanidine groups is 2. The van der Waals surface area contributed by atoms with Crippen LogP contribution in [-0.4, -0.2) is 84.0 Å². The zero-order chi connectivity index (χ0) is 33.9. The molecule has 0 saturated heterocycles. The van der Waals surface area contributed by atoms with E-state index in [1.54, 1.807) is 0 Å². The number of nitrogens with zero attached hydrogens (tertiary/aromatic N) is 4. The monoisotopic (exact) mass is 656 g/mol. The molecule has 0 bridgehead atoms. The second-order valence-electron chi connectivity index (χ2n) is 10.6. The number of benzene rings is 3. The highest BCUT2D eigenvalue weighted by molar-refractivity contribution is 5.95. The number of nitrogens with one attached hydrogen (secondary N) is 4. The lowest BCUT2D eigenvalue weighted by atomic mass is 10.1. The van der Waals surface area contributed by atoms with Crippen molar-refractivity contribution in [1.82, 2.24) is 19.9 Å². The van der Waals surface area contributed by atoms with Gasteiger partial charge in [0.1, 0.15) is 11.6 Å². The number of H-pyrrole nitrogens is 2. The Kier molecular flexibility index (Phi) is 11.9. The lowest BCUT2D eigenvalue weighted by Gasteiger charge is -2.15. The van der Waals surface area contributed by atoms with Gasteiger partial charge in [0.2, 0.25) is 0 Å². The first-order valence-electron chi connectivity index (χ1n) is 16.1. The van der Waals surface area contributed by atoms with Crippen molar-refractivity contribution in [3.63, 3.8) is 0 Å². The maximum atomic E-state index is 6.11. The number of anilines is 2. The molecule has 3 aromatic carbocycles. The van der Waals surface area contributed by atoms with E-state index in [-0.39, 0.29) is 11.9 Å². The molecule has 0 radical (unpaired) electrons. The van der Waals surface area contributed by atoms with E-state index in [9.17, 15) is 0 Å². The van der Waals surface area contributed by atoms with Gasteiger partial charge in [0.15, 0.2) is 24.5 Å². The Morgan fingerprint density at radius 1 is 0.625 bits per heavy atom. The molecule has 14 heteroatoms. The van der Waals surface area contributed by atoms with Crippen LogP contribution in [0.5, 0.6) is 0 Å². The molecular weight excluding hydrogens is 612 g/mol. The Balaban J connectivity index is 1.24. The summed E-state index contributed by atoms with van der Waals surface area (Å²) in [5.41, 5.74) is 19.1. The van der Waals surface area contributed by atoms with E-state index in [1.165, 1.54) is 0 Å². The van der Waals surface area contributed by atoms with Gasteiger partial charge in [-0.05, 0) is 64.1 Å². The fourth-order valence-corrected chi connectivity index (χ4v) is 5.01. The Bertz CT molecular complexity index is 1690. The highest BCUT2D eigenvalue weighted by atomic mass is 16.7. The summed E-state index contributed by atoms with van der Waals surface area (Å²) in [4.78, 5) is 25.1. The predicted octanol–water partition coefficient (Wildman–Crippen LogP) is 5.02. The summed E-state index contributed by atoms with van der Waals surface area (Å²) < 4.78 is 22.1. The average molecular weight is 657 g/mol. The van der Waals surface area contributed by atoms with Gasteiger partial charge >= 0.3 is 0 Å². The Morgan fingerprint density at radius 2 is 1.00 bits per heavy atom. The van der Waals surface area contributed by atoms with Crippen LogP contribution in [0.3, 0.4) is 0 Å². The van der Waals surface area contributed by atoms with E-state index in [0.29, 0.717) is 39.5 Å². The smallest absolute Gasteiger partial charge is 0.193 e. The Morgan fingerprint density at radius 3 is 1.35 bits per heavy atom. The minimum atomic E-state index is -0.428. The molecule has 0 fully saturated rings. The number of fused-ring (bicyclic) bond motifs is 2. The second kappa shape index (κ2) is 16.7. The van der Waals surface area contributed by atoms with Gasteiger partial charge < -0.3 is 51.0 Å². The first kappa shape index (κ1) is 34.3. The molecule has 14 nitrogen and oxygen atoms in total. The lowest BCUT2D eigenvalue weighted by molar-refractivity contribution is -0.128. The largest absolute Gasteiger partial charge is 0.370 e. The quantitative estimate of drug-likeness (QED) is 0.0477. The number of ether oxygens (including phenoxy) is 4. The molecule has 0 aliphatic rings. The number of aromatic nitrogens is 4. The molecule has 48 heavy (non-hydrogen) atoms. The van der Waals surface area contributed by atoms with Crippen LogP contribution in [0, 0.1) is 0 Å². The topological polar surface area (TPSA) is 195 Å². The van der Waals surface area contributed by atoms with Crippen molar-refractivity contribution >= 4 is 45.4 Å². The van der Waals surface area contributed by atoms with Crippen LogP contribution >= 0.6 is 0 Å². The third kappa shape index (κ3) is 9.07. The maximum absolute atomic E-state index is 6.11. The van der Waals surface area contributed by atoms with E-state index in [1.807, 2.05) is 88.4 Å². The third-order valence-electron chi connectivity index (χ3n) is 7.17. The first-order valence-corrected chi connectivity index (χ1v) is 16.1. The van der Waals surface area contributed by atoms with E-state index >= 15 is 0 Å². The lowest BCUT2D eigenvalue weighted by Crippen LogP contribution is -2.27. The zero-order valence-corrected chi connectivity index (χ0v) is 27.7. The number of nitrogens with two attached hydrogens (primary N) is 2. The summed E-state index contributed by atoms with van der Waals surface area (Å²) in [6, 6.07) is 19.6. The third-order valence-corrected chi connectivity index (χ3v) is 7.17. The molecule has 0 aliphatic carbocycles. The van der Waals surface area contributed by atoms with Crippen molar-refractivity contribution in [3.8, 4) is 22.8 Å². The van der Waals surface area contributed by atoms with Gasteiger partial charge in [-0.15, -0.1) is 0 Å². The van der Waals surface area contributed by atoms with Gasteiger partial charge in [0.05, 0.1) is 35.2 Å². The fraction of sp³-hybridized carbons (Fsp3) is 0.353. The minimum Gasteiger partial charge on any atom is -0.370 e. The molecule has 0 unspecified atom stereocenters. The summed E-state index contributed by atoms with van der Waals surface area (Å²) in [5, 5.41) is 6.25. The van der Waals surface area contributed by atoms with Crippen LogP contribution in [-0.2, 0) is 18.9 Å².